The SMILES string of the molecule is CC(C)c1cnn2c(N[C@H]3CC[C@H](N)C3)cc(C(C)C3CCC3)nc12. The fourth-order valence-corrected chi connectivity index (χ4v) is 4.28. The summed E-state index contributed by atoms with van der Waals surface area (Å²) in [6, 6.07) is 3.00. The number of hydrogen-bond acceptors (Lipinski definition) is 4. The van der Waals surface area contributed by atoms with Crippen LogP contribution in [0.1, 0.15) is 82.4 Å². The van der Waals surface area contributed by atoms with Crippen molar-refractivity contribution in [2.24, 2.45) is 11.7 Å². The molecule has 4 rings (SSSR count). The molecule has 136 valence electrons. The van der Waals surface area contributed by atoms with Crippen LogP contribution in [0.15, 0.2) is 12.3 Å². The summed E-state index contributed by atoms with van der Waals surface area (Å²) < 4.78 is 2.00. The lowest BCUT2D eigenvalue weighted by atomic mass is 9.75. The summed E-state index contributed by atoms with van der Waals surface area (Å²) in [6.07, 6.45) is 9.30. The van der Waals surface area contributed by atoms with Gasteiger partial charge in [-0.25, -0.2) is 4.98 Å². The highest BCUT2D eigenvalue weighted by Crippen LogP contribution is 2.39. The van der Waals surface area contributed by atoms with E-state index >= 15 is 0 Å². The van der Waals surface area contributed by atoms with Crippen molar-refractivity contribution in [3.63, 3.8) is 0 Å². The first-order valence-corrected chi connectivity index (χ1v) is 9.93. The predicted octanol–water partition coefficient (Wildman–Crippen LogP) is 4.05. The van der Waals surface area contributed by atoms with E-state index in [1.807, 2.05) is 10.7 Å². The Morgan fingerprint density at radius 1 is 1.20 bits per heavy atom. The van der Waals surface area contributed by atoms with Crippen molar-refractivity contribution in [2.45, 2.75) is 83.2 Å². The Kier molecular flexibility index (Phi) is 4.44. The van der Waals surface area contributed by atoms with Gasteiger partial charge >= 0.3 is 0 Å². The molecule has 0 bridgehead atoms. The number of aromatic nitrogens is 3. The Bertz CT molecular complexity index is 746. The van der Waals surface area contributed by atoms with E-state index in [-0.39, 0.29) is 0 Å². The smallest absolute Gasteiger partial charge is 0.161 e. The highest BCUT2D eigenvalue weighted by Gasteiger charge is 2.28. The third kappa shape index (κ3) is 3.14. The van der Waals surface area contributed by atoms with E-state index < -0.39 is 0 Å². The van der Waals surface area contributed by atoms with Gasteiger partial charge in [-0.15, -0.1) is 0 Å². The molecule has 0 saturated heterocycles. The molecule has 0 aromatic carbocycles. The summed E-state index contributed by atoms with van der Waals surface area (Å²) in [6.45, 7) is 6.76. The lowest BCUT2D eigenvalue weighted by Gasteiger charge is -2.31. The maximum Gasteiger partial charge on any atom is 0.161 e. The molecule has 3 N–H and O–H groups in total. The number of nitrogens with zero attached hydrogens (tertiary/aromatic N) is 3. The second kappa shape index (κ2) is 6.60. The molecule has 25 heavy (non-hydrogen) atoms. The van der Waals surface area contributed by atoms with Crippen LogP contribution in [0.3, 0.4) is 0 Å². The molecule has 3 atom stereocenters. The van der Waals surface area contributed by atoms with Crippen LogP contribution >= 0.6 is 0 Å². The Morgan fingerprint density at radius 2 is 2.00 bits per heavy atom. The molecule has 2 aliphatic carbocycles. The Balaban J connectivity index is 1.73. The summed E-state index contributed by atoms with van der Waals surface area (Å²) in [4.78, 5) is 5.05. The van der Waals surface area contributed by atoms with Gasteiger partial charge in [-0.2, -0.15) is 9.61 Å². The third-order valence-corrected chi connectivity index (χ3v) is 6.29. The van der Waals surface area contributed by atoms with Crippen molar-refractivity contribution in [1.29, 1.82) is 0 Å². The average molecular weight is 342 g/mol. The van der Waals surface area contributed by atoms with Gasteiger partial charge in [0.1, 0.15) is 5.82 Å². The van der Waals surface area contributed by atoms with Crippen LogP contribution < -0.4 is 11.1 Å². The average Bonchev–Trinajstić information content (AvgIpc) is 3.11. The van der Waals surface area contributed by atoms with Crippen LogP contribution in [0.25, 0.3) is 5.65 Å². The van der Waals surface area contributed by atoms with Gasteiger partial charge in [0.2, 0.25) is 0 Å². The number of nitrogens with two attached hydrogens (primary N) is 1. The van der Waals surface area contributed by atoms with Crippen LogP contribution in [0.4, 0.5) is 5.82 Å². The van der Waals surface area contributed by atoms with E-state index in [9.17, 15) is 0 Å². The van der Waals surface area contributed by atoms with E-state index in [2.05, 4.69) is 37.3 Å². The molecule has 5 heteroatoms. The van der Waals surface area contributed by atoms with Crippen LogP contribution in [-0.2, 0) is 0 Å². The van der Waals surface area contributed by atoms with Crippen LogP contribution in [0, 0.1) is 5.92 Å². The fraction of sp³-hybridized carbons (Fsp3) is 0.700. The van der Waals surface area contributed by atoms with Gasteiger partial charge in [-0.3, -0.25) is 0 Å². The van der Waals surface area contributed by atoms with E-state index in [1.54, 1.807) is 0 Å². The summed E-state index contributed by atoms with van der Waals surface area (Å²) >= 11 is 0. The van der Waals surface area contributed by atoms with Gasteiger partial charge in [-0.05, 0) is 43.9 Å². The van der Waals surface area contributed by atoms with Gasteiger partial charge in [-0.1, -0.05) is 27.2 Å². The van der Waals surface area contributed by atoms with Gasteiger partial charge in [0, 0.05) is 35.3 Å². The molecule has 2 aromatic heterocycles. The summed E-state index contributed by atoms with van der Waals surface area (Å²) in [5.74, 6) is 2.80. The van der Waals surface area contributed by atoms with Gasteiger partial charge in [0.05, 0.1) is 6.20 Å². The molecule has 2 fully saturated rings. The molecule has 2 saturated carbocycles. The van der Waals surface area contributed by atoms with E-state index in [0.717, 1.165) is 36.6 Å². The largest absolute Gasteiger partial charge is 0.367 e. The minimum atomic E-state index is 0.326. The molecule has 2 aliphatic rings. The first kappa shape index (κ1) is 16.8. The number of hydrogen-bond donors (Lipinski definition) is 2. The monoisotopic (exact) mass is 341 g/mol. The topological polar surface area (TPSA) is 68.2 Å². The zero-order valence-electron chi connectivity index (χ0n) is 15.7. The van der Waals surface area contributed by atoms with E-state index in [1.165, 1.54) is 30.5 Å². The Hall–Kier alpha value is -1.62. The minimum Gasteiger partial charge on any atom is -0.367 e. The zero-order chi connectivity index (χ0) is 17.6. The number of fused-ring (bicyclic) bond motifs is 1. The van der Waals surface area contributed by atoms with Crippen LogP contribution in [0.2, 0.25) is 0 Å². The first-order chi connectivity index (χ1) is 12.0. The van der Waals surface area contributed by atoms with Crippen molar-refractivity contribution >= 4 is 11.5 Å². The first-order valence-electron chi connectivity index (χ1n) is 9.93. The van der Waals surface area contributed by atoms with Crippen LogP contribution in [-0.4, -0.2) is 26.7 Å². The summed E-state index contributed by atoms with van der Waals surface area (Å²) in [5.41, 5.74) is 9.56. The van der Waals surface area contributed by atoms with Gasteiger partial charge < -0.3 is 11.1 Å². The lowest BCUT2D eigenvalue weighted by molar-refractivity contribution is 0.269. The molecule has 0 spiro atoms. The normalized spacial score (nSPS) is 25.5. The summed E-state index contributed by atoms with van der Waals surface area (Å²) in [7, 11) is 0. The highest BCUT2D eigenvalue weighted by atomic mass is 15.3. The molecule has 0 amide bonds. The highest BCUT2D eigenvalue weighted by molar-refractivity contribution is 5.56. The van der Waals surface area contributed by atoms with E-state index in [0.29, 0.717) is 23.9 Å². The molecular weight excluding hydrogens is 310 g/mol. The maximum absolute atomic E-state index is 6.10. The quantitative estimate of drug-likeness (QED) is 0.861. The van der Waals surface area contributed by atoms with Crippen molar-refractivity contribution < 1.29 is 0 Å². The summed E-state index contributed by atoms with van der Waals surface area (Å²) in [5, 5.41) is 8.36. The van der Waals surface area contributed by atoms with E-state index in [4.69, 9.17) is 10.7 Å². The molecule has 0 radical (unpaired) electrons. The predicted molar refractivity (Wildman–Crippen MR) is 102 cm³/mol. The molecular formula is C20H31N5. The molecule has 2 heterocycles. The molecule has 1 unspecified atom stereocenters. The second-order valence-corrected chi connectivity index (χ2v) is 8.45. The third-order valence-electron chi connectivity index (χ3n) is 6.29. The van der Waals surface area contributed by atoms with Gasteiger partial charge in [0.25, 0.3) is 0 Å². The Labute approximate surface area is 150 Å². The molecule has 2 aromatic rings. The fourth-order valence-electron chi connectivity index (χ4n) is 4.28. The zero-order valence-corrected chi connectivity index (χ0v) is 15.7. The minimum absolute atomic E-state index is 0.326. The number of anilines is 1. The van der Waals surface area contributed by atoms with Crippen molar-refractivity contribution in [3.05, 3.63) is 23.5 Å². The standard InChI is InChI=1S/C20H31N5/c1-12(2)17-11-22-25-19(23-16-8-7-15(21)9-16)10-18(24-20(17)25)13(3)14-5-4-6-14/h10-16,23H,4-9,21H2,1-3H3/t13?,15-,16-/m0/s1. The second-order valence-electron chi connectivity index (χ2n) is 8.45. The van der Waals surface area contributed by atoms with Crippen molar-refractivity contribution in [3.8, 4) is 0 Å². The van der Waals surface area contributed by atoms with Gasteiger partial charge in [0.15, 0.2) is 5.65 Å². The Morgan fingerprint density at radius 3 is 2.60 bits per heavy atom. The lowest BCUT2D eigenvalue weighted by Crippen LogP contribution is -2.23. The molecule has 0 aliphatic heterocycles. The van der Waals surface area contributed by atoms with Crippen molar-refractivity contribution in [2.75, 3.05) is 5.32 Å². The number of nitrogens with one attached hydrogen (secondary N) is 1. The number of rotatable bonds is 5. The molecule has 5 nitrogen and oxygen atoms in total. The van der Waals surface area contributed by atoms with Crippen molar-refractivity contribution in [1.82, 2.24) is 14.6 Å². The maximum atomic E-state index is 6.10. The van der Waals surface area contributed by atoms with Crippen LogP contribution in [0.5, 0.6) is 0 Å².